The maximum atomic E-state index is 5.16. The lowest BCUT2D eigenvalue weighted by Gasteiger charge is -1.81. The van der Waals surface area contributed by atoms with Gasteiger partial charge >= 0.3 is 0 Å². The maximum Gasteiger partial charge on any atom is 0.0126 e. The number of rotatable bonds is 1. The van der Waals surface area contributed by atoms with Gasteiger partial charge in [-0.3, -0.25) is 5.14 Å². The van der Waals surface area contributed by atoms with E-state index in [1.807, 2.05) is 0 Å². The van der Waals surface area contributed by atoms with E-state index in [0.717, 1.165) is 17.6 Å². The zero-order valence-electron chi connectivity index (χ0n) is 3.64. The molecule has 6 heavy (non-hydrogen) atoms. The molecule has 0 heterocycles. The quantitative estimate of drug-likeness (QED) is 0.474. The fraction of sp³-hybridized carbons (Fsp3) is 0.333. The Morgan fingerprint density at radius 3 is 2.33 bits per heavy atom. The Hall–Kier alpha value is -0.150. The second-order valence-corrected chi connectivity index (χ2v) is 1.51. The highest BCUT2D eigenvalue weighted by Gasteiger charge is 1.68. The van der Waals surface area contributed by atoms with Crippen LogP contribution in [0.15, 0.2) is 11.1 Å². The molecule has 4 N–H and O–H groups in total. The smallest absolute Gasteiger partial charge is 0.0126 e. The summed E-state index contributed by atoms with van der Waals surface area (Å²) >= 11 is 1.12. The minimum Gasteiger partial charge on any atom is -0.402 e. The van der Waals surface area contributed by atoms with Crippen LogP contribution in [0.4, 0.5) is 0 Å². The third-order valence-electron chi connectivity index (χ3n) is 0.254. The van der Waals surface area contributed by atoms with E-state index >= 15 is 0 Å². The summed E-state index contributed by atoms with van der Waals surface area (Å²) in [5.41, 5.74) is 5.92. The third kappa shape index (κ3) is 3.85. The summed E-state index contributed by atoms with van der Waals surface area (Å²) in [4.78, 5) is 0. The Balaban J connectivity index is 3.14. The number of allylic oxidation sites excluding steroid dienone is 1. The van der Waals surface area contributed by atoms with E-state index in [2.05, 4.69) is 0 Å². The van der Waals surface area contributed by atoms with Gasteiger partial charge in [-0.25, -0.2) is 0 Å². The van der Waals surface area contributed by atoms with E-state index in [1.165, 1.54) is 0 Å². The maximum absolute atomic E-state index is 5.16. The van der Waals surface area contributed by atoms with Crippen LogP contribution in [0.1, 0.15) is 6.92 Å². The van der Waals surface area contributed by atoms with E-state index < -0.39 is 0 Å². The van der Waals surface area contributed by atoms with Gasteiger partial charge in [0.15, 0.2) is 0 Å². The SMILES string of the molecule is C/C(N)=C/SN. The normalized spacial score (nSPS) is 12.0. The van der Waals surface area contributed by atoms with Crippen LogP contribution in [0.25, 0.3) is 0 Å². The monoisotopic (exact) mass is 104 g/mol. The second kappa shape index (κ2) is 3.06. The van der Waals surface area contributed by atoms with Crippen molar-refractivity contribution in [2.75, 3.05) is 0 Å². The van der Waals surface area contributed by atoms with Gasteiger partial charge in [0.1, 0.15) is 0 Å². The lowest BCUT2D eigenvalue weighted by molar-refractivity contribution is 1.33. The van der Waals surface area contributed by atoms with Crippen molar-refractivity contribution in [3.05, 3.63) is 11.1 Å². The van der Waals surface area contributed by atoms with E-state index in [-0.39, 0.29) is 0 Å². The van der Waals surface area contributed by atoms with Crippen molar-refractivity contribution in [2.45, 2.75) is 6.92 Å². The van der Waals surface area contributed by atoms with Crippen LogP contribution in [-0.2, 0) is 0 Å². The van der Waals surface area contributed by atoms with Crippen LogP contribution in [0, 0.1) is 0 Å². The van der Waals surface area contributed by atoms with E-state index in [4.69, 9.17) is 10.9 Å². The standard InChI is InChI=1S/C3H8N2S/c1-3(4)2-6-5/h2H,4-5H2,1H3/b3-2-. The van der Waals surface area contributed by atoms with Crippen molar-refractivity contribution < 1.29 is 0 Å². The third-order valence-corrected chi connectivity index (χ3v) is 0.762. The molecule has 0 radical (unpaired) electrons. The molecule has 0 amide bonds. The predicted octanol–water partition coefficient (Wildman–Crippen LogP) is 0.413. The Bertz CT molecular complexity index is 55.8. The second-order valence-electron chi connectivity index (χ2n) is 0.998. The zero-order chi connectivity index (χ0) is 4.99. The molecule has 0 unspecified atom stereocenters. The molecule has 0 aromatic carbocycles. The summed E-state index contributed by atoms with van der Waals surface area (Å²) in [6.07, 6.45) is 0. The first-order chi connectivity index (χ1) is 2.77. The van der Waals surface area contributed by atoms with Crippen molar-refractivity contribution in [1.82, 2.24) is 0 Å². The summed E-state index contributed by atoms with van der Waals surface area (Å²) < 4.78 is 0. The molecule has 0 aliphatic heterocycles. The molecule has 0 fully saturated rings. The van der Waals surface area contributed by atoms with Crippen molar-refractivity contribution in [3.8, 4) is 0 Å². The minimum atomic E-state index is 0.752. The summed E-state index contributed by atoms with van der Waals surface area (Å²) in [6, 6.07) is 0. The van der Waals surface area contributed by atoms with E-state index in [9.17, 15) is 0 Å². The highest BCUT2D eigenvalue weighted by molar-refractivity contribution is 7.99. The lowest BCUT2D eigenvalue weighted by Crippen LogP contribution is -1.88. The summed E-state index contributed by atoms with van der Waals surface area (Å²) in [7, 11) is 0. The highest BCUT2D eigenvalue weighted by atomic mass is 32.2. The van der Waals surface area contributed by atoms with Crippen molar-refractivity contribution in [1.29, 1.82) is 0 Å². The molecule has 3 heteroatoms. The van der Waals surface area contributed by atoms with Gasteiger partial charge in [0.2, 0.25) is 0 Å². The molecule has 0 rings (SSSR count). The van der Waals surface area contributed by atoms with Gasteiger partial charge in [0.25, 0.3) is 0 Å². The van der Waals surface area contributed by atoms with Gasteiger partial charge < -0.3 is 5.73 Å². The van der Waals surface area contributed by atoms with Gasteiger partial charge in [-0.15, -0.1) is 0 Å². The Kier molecular flexibility index (Phi) is 2.98. The van der Waals surface area contributed by atoms with Gasteiger partial charge in [-0.2, -0.15) is 0 Å². The van der Waals surface area contributed by atoms with Gasteiger partial charge in [0.05, 0.1) is 0 Å². The lowest BCUT2D eigenvalue weighted by atomic mass is 10.6. The molecule has 0 bridgehead atoms. The molecule has 0 saturated heterocycles. The minimum absolute atomic E-state index is 0.752. The van der Waals surface area contributed by atoms with E-state index in [0.29, 0.717) is 0 Å². The molecular formula is C3H8N2S. The fourth-order valence-corrected chi connectivity index (χ4v) is 0.322. The fourth-order valence-electron chi connectivity index (χ4n) is 0.107. The summed E-state index contributed by atoms with van der Waals surface area (Å²) in [5.74, 6) is 0. The molecule has 0 spiro atoms. The number of nitrogens with two attached hydrogens (primary N) is 2. The molecule has 0 aliphatic rings. The van der Waals surface area contributed by atoms with Crippen molar-refractivity contribution >= 4 is 11.9 Å². The zero-order valence-corrected chi connectivity index (χ0v) is 4.46. The van der Waals surface area contributed by atoms with Crippen molar-refractivity contribution in [2.24, 2.45) is 10.9 Å². The van der Waals surface area contributed by atoms with Crippen LogP contribution < -0.4 is 10.9 Å². The molecule has 2 nitrogen and oxygen atoms in total. The summed E-state index contributed by atoms with van der Waals surface area (Å²) in [5, 5.41) is 6.67. The van der Waals surface area contributed by atoms with Crippen LogP contribution in [-0.4, -0.2) is 0 Å². The predicted molar refractivity (Wildman–Crippen MR) is 29.7 cm³/mol. The molecule has 0 aliphatic carbocycles. The van der Waals surface area contributed by atoms with Crippen LogP contribution in [0.3, 0.4) is 0 Å². The molecular weight excluding hydrogens is 96.1 g/mol. The first-order valence-corrected chi connectivity index (χ1v) is 2.49. The Morgan fingerprint density at radius 1 is 1.83 bits per heavy atom. The van der Waals surface area contributed by atoms with Crippen LogP contribution in [0.5, 0.6) is 0 Å². The largest absolute Gasteiger partial charge is 0.402 e. The van der Waals surface area contributed by atoms with Gasteiger partial charge in [-0.1, -0.05) is 11.9 Å². The summed E-state index contributed by atoms with van der Waals surface area (Å²) in [6.45, 7) is 1.79. The van der Waals surface area contributed by atoms with E-state index in [1.54, 1.807) is 12.3 Å². The van der Waals surface area contributed by atoms with Gasteiger partial charge in [-0.05, 0) is 6.92 Å². The molecule has 36 valence electrons. The molecule has 0 aromatic rings. The number of hydrogen-bond acceptors (Lipinski definition) is 3. The van der Waals surface area contributed by atoms with Crippen molar-refractivity contribution in [3.63, 3.8) is 0 Å². The topological polar surface area (TPSA) is 52.0 Å². The first-order valence-electron chi connectivity index (χ1n) is 1.55. The number of hydrogen-bond donors (Lipinski definition) is 2. The van der Waals surface area contributed by atoms with Crippen LogP contribution in [0.2, 0.25) is 0 Å². The Labute approximate surface area is 41.7 Å². The Morgan fingerprint density at radius 2 is 2.33 bits per heavy atom. The van der Waals surface area contributed by atoms with Crippen LogP contribution >= 0.6 is 11.9 Å². The molecule has 0 saturated carbocycles. The highest BCUT2D eigenvalue weighted by Crippen LogP contribution is 1.89. The van der Waals surface area contributed by atoms with Gasteiger partial charge in [0, 0.05) is 11.1 Å². The molecule has 0 aromatic heterocycles. The average Bonchev–Trinajstić information content (AvgIpc) is 1.35. The average molecular weight is 104 g/mol. The first kappa shape index (κ1) is 5.85. The molecule has 0 atom stereocenters.